The lowest BCUT2D eigenvalue weighted by Gasteiger charge is -2.36. The van der Waals surface area contributed by atoms with E-state index in [1.165, 1.54) is 0 Å². The molecule has 186 valence electrons. The Hall–Kier alpha value is -2.80. The van der Waals surface area contributed by atoms with Crippen LogP contribution in [0.4, 0.5) is 5.69 Å². The van der Waals surface area contributed by atoms with E-state index in [2.05, 4.69) is 5.32 Å². The molecule has 9 heteroatoms. The number of ether oxygens (including phenoxy) is 2. The highest BCUT2D eigenvalue weighted by Gasteiger charge is 2.41. The molecular formula is C27H22Cl3NO5. The molecule has 2 aromatic rings. The van der Waals surface area contributed by atoms with Gasteiger partial charge in [-0.2, -0.15) is 0 Å². The van der Waals surface area contributed by atoms with Crippen molar-refractivity contribution < 1.29 is 23.9 Å². The summed E-state index contributed by atoms with van der Waals surface area (Å²) in [6, 6.07) is 9.90. The molecule has 0 spiro atoms. The third-order valence-electron chi connectivity index (χ3n) is 6.49. The number of allylic oxidation sites excluding steroid dienone is 4. The van der Waals surface area contributed by atoms with Crippen LogP contribution in [0.3, 0.4) is 0 Å². The molecule has 0 radical (unpaired) electrons. The first-order valence-electron chi connectivity index (χ1n) is 11.7. The Morgan fingerprint density at radius 3 is 2.14 bits per heavy atom. The summed E-state index contributed by atoms with van der Waals surface area (Å²) in [6.07, 6.45) is 3.67. The molecule has 1 aliphatic heterocycles. The smallest absolute Gasteiger partial charge is 0.262 e. The standard InChI is InChI=1S/C27H22Cl3NO5/c28-16-9-8-15(12-17(16)29)31-24(34)13-35-21-10-7-14(11-18(21)30)25-26-19(32)3-1-5-22(26)36-23-6-2-4-20(33)27(23)25/h7-12,25H,1-6,13H2,(H,31,34). The minimum Gasteiger partial charge on any atom is -0.482 e. The van der Waals surface area contributed by atoms with Gasteiger partial charge in [-0.1, -0.05) is 40.9 Å². The van der Waals surface area contributed by atoms with Crippen molar-refractivity contribution in [1.29, 1.82) is 0 Å². The van der Waals surface area contributed by atoms with Crippen molar-refractivity contribution >= 4 is 58.0 Å². The fourth-order valence-electron chi connectivity index (χ4n) is 4.88. The Balaban J connectivity index is 1.37. The molecule has 1 heterocycles. The van der Waals surface area contributed by atoms with Crippen molar-refractivity contribution in [3.63, 3.8) is 0 Å². The second kappa shape index (κ2) is 10.3. The van der Waals surface area contributed by atoms with Gasteiger partial charge in [0.05, 0.1) is 15.1 Å². The van der Waals surface area contributed by atoms with Gasteiger partial charge in [0.2, 0.25) is 0 Å². The van der Waals surface area contributed by atoms with Crippen molar-refractivity contribution in [1.82, 2.24) is 0 Å². The van der Waals surface area contributed by atoms with Crippen LogP contribution in [0.15, 0.2) is 59.1 Å². The SMILES string of the molecule is O=C(COc1ccc(C2C3=C(CCCC3=O)OC3=C2C(=O)CCC3)cc1Cl)Nc1ccc(Cl)c(Cl)c1. The van der Waals surface area contributed by atoms with Gasteiger partial charge >= 0.3 is 0 Å². The second-order valence-corrected chi connectivity index (χ2v) is 10.1. The lowest BCUT2D eigenvalue weighted by molar-refractivity contribution is -0.119. The molecule has 0 unspecified atom stereocenters. The zero-order chi connectivity index (χ0) is 25.4. The van der Waals surface area contributed by atoms with Gasteiger partial charge < -0.3 is 14.8 Å². The molecule has 0 aromatic heterocycles. The number of halogens is 3. The Bertz CT molecular complexity index is 1300. The Morgan fingerprint density at radius 2 is 1.53 bits per heavy atom. The van der Waals surface area contributed by atoms with E-state index >= 15 is 0 Å². The van der Waals surface area contributed by atoms with Gasteiger partial charge in [0.1, 0.15) is 17.3 Å². The third-order valence-corrected chi connectivity index (χ3v) is 7.53. The average Bonchev–Trinajstić information content (AvgIpc) is 2.85. The minimum atomic E-state index is -0.506. The van der Waals surface area contributed by atoms with Gasteiger partial charge in [-0.3, -0.25) is 14.4 Å². The third kappa shape index (κ3) is 4.90. The van der Waals surface area contributed by atoms with Crippen LogP contribution in [0.2, 0.25) is 15.1 Å². The van der Waals surface area contributed by atoms with Crippen molar-refractivity contribution in [2.24, 2.45) is 0 Å². The van der Waals surface area contributed by atoms with Crippen LogP contribution < -0.4 is 10.1 Å². The van der Waals surface area contributed by atoms with Gasteiger partial charge in [-0.05, 0) is 48.7 Å². The molecule has 1 amide bonds. The fourth-order valence-corrected chi connectivity index (χ4v) is 5.42. The number of nitrogens with one attached hydrogen (secondary N) is 1. The monoisotopic (exact) mass is 545 g/mol. The largest absolute Gasteiger partial charge is 0.482 e. The van der Waals surface area contributed by atoms with E-state index in [0.717, 1.165) is 18.4 Å². The zero-order valence-electron chi connectivity index (χ0n) is 19.2. The Morgan fingerprint density at radius 1 is 0.861 bits per heavy atom. The van der Waals surface area contributed by atoms with Crippen LogP contribution in [0.1, 0.15) is 50.0 Å². The van der Waals surface area contributed by atoms with Crippen molar-refractivity contribution in [2.75, 3.05) is 11.9 Å². The summed E-state index contributed by atoms with van der Waals surface area (Å²) in [4.78, 5) is 38.2. The number of anilines is 1. The summed E-state index contributed by atoms with van der Waals surface area (Å²) in [5.74, 6) is 0.741. The summed E-state index contributed by atoms with van der Waals surface area (Å²) >= 11 is 18.4. The predicted molar refractivity (Wildman–Crippen MR) is 138 cm³/mol. The number of hydrogen-bond donors (Lipinski definition) is 1. The number of rotatable bonds is 5. The van der Waals surface area contributed by atoms with Crippen molar-refractivity contribution in [3.05, 3.63) is 79.7 Å². The number of hydrogen-bond acceptors (Lipinski definition) is 5. The van der Waals surface area contributed by atoms with Gasteiger partial charge in [-0.25, -0.2) is 0 Å². The molecule has 36 heavy (non-hydrogen) atoms. The first-order valence-corrected chi connectivity index (χ1v) is 12.8. The van der Waals surface area contributed by atoms with Gasteiger partial charge in [-0.15, -0.1) is 0 Å². The summed E-state index contributed by atoms with van der Waals surface area (Å²) in [5, 5.41) is 3.67. The number of benzene rings is 2. The molecule has 0 saturated heterocycles. The highest BCUT2D eigenvalue weighted by molar-refractivity contribution is 6.42. The van der Waals surface area contributed by atoms with E-state index < -0.39 is 11.8 Å². The van der Waals surface area contributed by atoms with Crippen LogP contribution in [0, 0.1) is 0 Å². The van der Waals surface area contributed by atoms with E-state index in [1.807, 2.05) is 0 Å². The zero-order valence-corrected chi connectivity index (χ0v) is 21.4. The number of carbonyl (C=O) groups is 3. The molecule has 2 aliphatic carbocycles. The fraction of sp³-hybridized carbons (Fsp3) is 0.296. The molecule has 2 aromatic carbocycles. The molecule has 0 saturated carbocycles. The molecule has 3 aliphatic rings. The van der Waals surface area contributed by atoms with Crippen LogP contribution in [0.5, 0.6) is 5.75 Å². The summed E-state index contributed by atoms with van der Waals surface area (Å²) in [7, 11) is 0. The first kappa shape index (κ1) is 24.9. The molecule has 1 N–H and O–H groups in total. The maximum atomic E-state index is 12.9. The molecule has 5 rings (SSSR count). The Labute approximate surface area is 223 Å². The maximum Gasteiger partial charge on any atom is 0.262 e. The van der Waals surface area contributed by atoms with E-state index in [0.29, 0.717) is 69.8 Å². The highest BCUT2D eigenvalue weighted by Crippen LogP contribution is 2.48. The molecular weight excluding hydrogens is 525 g/mol. The number of Topliss-reactive ketones (excluding diaryl/α,β-unsaturated/α-hetero) is 2. The van der Waals surface area contributed by atoms with E-state index in [-0.39, 0.29) is 23.2 Å². The Kier molecular flexibility index (Phi) is 7.11. The molecule has 0 bridgehead atoms. The highest BCUT2D eigenvalue weighted by atomic mass is 35.5. The number of carbonyl (C=O) groups excluding carboxylic acids is 3. The summed E-state index contributed by atoms with van der Waals surface area (Å²) < 4.78 is 11.7. The second-order valence-electron chi connectivity index (χ2n) is 8.92. The minimum absolute atomic E-state index is 0.00148. The van der Waals surface area contributed by atoms with E-state index in [9.17, 15) is 14.4 Å². The van der Waals surface area contributed by atoms with Crippen molar-refractivity contribution in [3.8, 4) is 5.75 Å². The van der Waals surface area contributed by atoms with Crippen LogP contribution in [0.25, 0.3) is 0 Å². The lowest BCUT2D eigenvalue weighted by Crippen LogP contribution is -2.30. The first-order chi connectivity index (χ1) is 17.3. The van der Waals surface area contributed by atoms with Gasteiger partial charge in [0.25, 0.3) is 5.91 Å². The number of amides is 1. The molecule has 0 fully saturated rings. The average molecular weight is 547 g/mol. The maximum absolute atomic E-state index is 12.9. The lowest BCUT2D eigenvalue weighted by atomic mass is 9.73. The molecule has 6 nitrogen and oxygen atoms in total. The van der Waals surface area contributed by atoms with E-state index in [4.69, 9.17) is 44.3 Å². The van der Waals surface area contributed by atoms with Crippen LogP contribution >= 0.6 is 34.8 Å². The van der Waals surface area contributed by atoms with Gasteiger partial charge in [0.15, 0.2) is 18.2 Å². The summed E-state index contributed by atoms with van der Waals surface area (Å²) in [6.45, 7) is -0.280. The normalized spacial score (nSPS) is 18.0. The van der Waals surface area contributed by atoms with Crippen molar-refractivity contribution in [2.45, 2.75) is 44.4 Å². The predicted octanol–water partition coefficient (Wildman–Crippen LogP) is 6.79. The van der Waals surface area contributed by atoms with E-state index in [1.54, 1.807) is 36.4 Å². The topological polar surface area (TPSA) is 81.7 Å². The molecule has 0 atom stereocenters. The summed E-state index contributed by atoms with van der Waals surface area (Å²) in [5.41, 5.74) is 2.32. The number of ketones is 2. The van der Waals surface area contributed by atoms with Crippen LogP contribution in [-0.4, -0.2) is 24.1 Å². The van der Waals surface area contributed by atoms with Crippen LogP contribution in [-0.2, 0) is 19.1 Å². The quantitative estimate of drug-likeness (QED) is 0.446. The van der Waals surface area contributed by atoms with Gasteiger partial charge in [0, 0.05) is 48.4 Å².